The molecule has 0 saturated heterocycles. The topological polar surface area (TPSA) is 53.6 Å². The lowest BCUT2D eigenvalue weighted by atomic mass is 9.86. The van der Waals surface area contributed by atoms with Crippen LogP contribution in [0.15, 0.2) is 4.99 Å². The smallest absolute Gasteiger partial charge is 0.370 e. The largest absolute Gasteiger partial charge is 0.401 e. The lowest BCUT2D eigenvalue weighted by Gasteiger charge is -2.23. The maximum absolute atomic E-state index is 12.1. The van der Waals surface area contributed by atoms with Crippen LogP contribution in [0.3, 0.4) is 0 Å². The molecule has 0 spiro atoms. The van der Waals surface area contributed by atoms with E-state index in [1.54, 1.807) is 0 Å². The van der Waals surface area contributed by atoms with Gasteiger partial charge in [0.05, 0.1) is 6.54 Å². The van der Waals surface area contributed by atoms with E-state index in [1.165, 1.54) is 31.2 Å². The van der Waals surface area contributed by atoms with E-state index in [9.17, 15) is 13.2 Å². The van der Waals surface area contributed by atoms with Crippen LogP contribution in [0.1, 0.15) is 25.7 Å². The van der Waals surface area contributed by atoms with Crippen LogP contribution in [0.25, 0.3) is 0 Å². The highest BCUT2D eigenvalue weighted by Crippen LogP contribution is 2.26. The molecular formula is C12H24F3IN4. The first-order chi connectivity index (χ1) is 8.87. The number of nitrogens with zero attached hydrogens (tertiary/aromatic N) is 2. The number of guanidine groups is 1. The van der Waals surface area contributed by atoms with Crippen molar-refractivity contribution in [2.75, 3.05) is 33.2 Å². The van der Waals surface area contributed by atoms with Gasteiger partial charge in [-0.3, -0.25) is 9.89 Å². The van der Waals surface area contributed by atoms with Crippen molar-refractivity contribution < 1.29 is 13.2 Å². The second-order valence-electron chi connectivity index (χ2n) is 5.16. The lowest BCUT2D eigenvalue weighted by molar-refractivity contribution is -0.143. The van der Waals surface area contributed by atoms with Crippen molar-refractivity contribution in [1.29, 1.82) is 0 Å². The van der Waals surface area contributed by atoms with Crippen LogP contribution >= 0.6 is 24.0 Å². The average Bonchev–Trinajstić information content (AvgIpc) is 2.19. The molecule has 1 saturated carbocycles. The fourth-order valence-electron chi connectivity index (χ4n) is 1.91. The zero-order valence-electron chi connectivity index (χ0n) is 11.7. The molecule has 0 atom stereocenters. The Bertz CT molecular complexity index is 293. The predicted octanol–water partition coefficient (Wildman–Crippen LogP) is 2.19. The Kier molecular flexibility index (Phi) is 9.52. The lowest BCUT2D eigenvalue weighted by Crippen LogP contribution is -2.36. The average molecular weight is 408 g/mol. The van der Waals surface area contributed by atoms with Gasteiger partial charge in [0.25, 0.3) is 0 Å². The Balaban J connectivity index is 0.00000361. The maximum Gasteiger partial charge on any atom is 0.401 e. The Hall–Kier alpha value is -0.250. The molecular weight excluding hydrogens is 384 g/mol. The normalized spacial score (nSPS) is 16.8. The zero-order valence-corrected chi connectivity index (χ0v) is 14.1. The number of rotatable bonds is 7. The van der Waals surface area contributed by atoms with E-state index < -0.39 is 12.7 Å². The van der Waals surface area contributed by atoms with Crippen LogP contribution in [-0.4, -0.2) is 50.3 Å². The molecule has 20 heavy (non-hydrogen) atoms. The van der Waals surface area contributed by atoms with Gasteiger partial charge in [-0.15, -0.1) is 24.0 Å². The third kappa shape index (κ3) is 9.62. The summed E-state index contributed by atoms with van der Waals surface area (Å²) in [5.74, 6) is 1.06. The number of hydrogen-bond donors (Lipinski definition) is 2. The van der Waals surface area contributed by atoms with Crippen LogP contribution in [-0.2, 0) is 0 Å². The van der Waals surface area contributed by atoms with Gasteiger partial charge in [-0.1, -0.05) is 6.42 Å². The van der Waals surface area contributed by atoms with E-state index in [-0.39, 0.29) is 24.0 Å². The standard InChI is InChI=1S/C12H23F3N4.HI/c1-19(9-12(13,14)15)7-3-6-17-11(16)18-8-10-4-2-5-10;/h10H,2-9H2,1H3,(H3,16,17,18);1H. The second kappa shape index (κ2) is 9.64. The summed E-state index contributed by atoms with van der Waals surface area (Å²) in [4.78, 5) is 5.47. The predicted molar refractivity (Wildman–Crippen MR) is 85.4 cm³/mol. The highest BCUT2D eigenvalue weighted by atomic mass is 127. The SMILES string of the molecule is CN(CCCNC(N)=NCC1CCC1)CC(F)(F)F.I. The number of aliphatic imine (C=N–C) groups is 1. The van der Waals surface area contributed by atoms with Crippen molar-refractivity contribution in [2.24, 2.45) is 16.6 Å². The van der Waals surface area contributed by atoms with E-state index in [0.29, 0.717) is 31.4 Å². The first kappa shape index (κ1) is 19.8. The van der Waals surface area contributed by atoms with E-state index in [0.717, 1.165) is 6.54 Å². The fourth-order valence-corrected chi connectivity index (χ4v) is 1.91. The number of alkyl halides is 3. The van der Waals surface area contributed by atoms with Crippen LogP contribution in [0.4, 0.5) is 13.2 Å². The summed E-state index contributed by atoms with van der Waals surface area (Å²) in [6, 6.07) is 0. The van der Waals surface area contributed by atoms with Crippen LogP contribution in [0.2, 0.25) is 0 Å². The van der Waals surface area contributed by atoms with Crippen molar-refractivity contribution in [3.63, 3.8) is 0 Å². The van der Waals surface area contributed by atoms with E-state index in [2.05, 4.69) is 10.3 Å². The van der Waals surface area contributed by atoms with Gasteiger partial charge in [0.15, 0.2) is 5.96 Å². The minimum Gasteiger partial charge on any atom is -0.370 e. The van der Waals surface area contributed by atoms with Gasteiger partial charge in [0, 0.05) is 13.1 Å². The van der Waals surface area contributed by atoms with Gasteiger partial charge >= 0.3 is 6.18 Å². The summed E-state index contributed by atoms with van der Waals surface area (Å²) in [5.41, 5.74) is 5.66. The molecule has 8 heteroatoms. The highest BCUT2D eigenvalue weighted by molar-refractivity contribution is 14.0. The Morgan fingerprint density at radius 3 is 2.55 bits per heavy atom. The molecule has 0 aromatic heterocycles. The molecule has 0 aromatic rings. The molecule has 120 valence electrons. The van der Waals surface area contributed by atoms with E-state index in [4.69, 9.17) is 5.73 Å². The molecule has 3 N–H and O–H groups in total. The van der Waals surface area contributed by atoms with Crippen molar-refractivity contribution in [1.82, 2.24) is 10.2 Å². The first-order valence-electron chi connectivity index (χ1n) is 6.66. The Morgan fingerprint density at radius 2 is 2.05 bits per heavy atom. The summed E-state index contributed by atoms with van der Waals surface area (Å²) >= 11 is 0. The maximum atomic E-state index is 12.1. The van der Waals surface area contributed by atoms with Crippen LogP contribution in [0, 0.1) is 5.92 Å². The number of nitrogens with one attached hydrogen (secondary N) is 1. The minimum absolute atomic E-state index is 0. The molecule has 0 aromatic carbocycles. The Labute approximate surface area is 135 Å². The molecule has 0 bridgehead atoms. The second-order valence-corrected chi connectivity index (χ2v) is 5.16. The van der Waals surface area contributed by atoms with Crippen molar-refractivity contribution >= 4 is 29.9 Å². The summed E-state index contributed by atoms with van der Waals surface area (Å²) in [5, 5.41) is 2.92. The summed E-state index contributed by atoms with van der Waals surface area (Å²) < 4.78 is 36.2. The van der Waals surface area contributed by atoms with Gasteiger partial charge < -0.3 is 11.1 Å². The van der Waals surface area contributed by atoms with Gasteiger partial charge in [-0.2, -0.15) is 13.2 Å². The van der Waals surface area contributed by atoms with Gasteiger partial charge in [0.1, 0.15) is 0 Å². The molecule has 1 aliphatic rings. The van der Waals surface area contributed by atoms with Crippen molar-refractivity contribution in [3.8, 4) is 0 Å². The fraction of sp³-hybridized carbons (Fsp3) is 0.917. The molecule has 1 aliphatic carbocycles. The quantitative estimate of drug-likeness (QED) is 0.294. The van der Waals surface area contributed by atoms with Crippen molar-refractivity contribution in [3.05, 3.63) is 0 Å². The third-order valence-electron chi connectivity index (χ3n) is 3.22. The monoisotopic (exact) mass is 408 g/mol. The Morgan fingerprint density at radius 1 is 1.40 bits per heavy atom. The first-order valence-corrected chi connectivity index (χ1v) is 6.66. The van der Waals surface area contributed by atoms with Gasteiger partial charge in [-0.25, -0.2) is 0 Å². The molecule has 0 amide bonds. The van der Waals surface area contributed by atoms with Crippen LogP contribution in [0.5, 0.6) is 0 Å². The number of hydrogen-bond acceptors (Lipinski definition) is 2. The summed E-state index contributed by atoms with van der Waals surface area (Å²) in [6.45, 7) is 0.801. The van der Waals surface area contributed by atoms with E-state index >= 15 is 0 Å². The highest BCUT2D eigenvalue weighted by Gasteiger charge is 2.28. The van der Waals surface area contributed by atoms with E-state index in [1.807, 2.05) is 0 Å². The third-order valence-corrected chi connectivity index (χ3v) is 3.22. The number of nitrogens with two attached hydrogens (primary N) is 1. The molecule has 0 heterocycles. The molecule has 1 rings (SSSR count). The summed E-state index contributed by atoms with van der Waals surface area (Å²) in [6.07, 6.45) is 0.189. The minimum atomic E-state index is -4.13. The summed E-state index contributed by atoms with van der Waals surface area (Å²) in [7, 11) is 1.46. The molecule has 1 fully saturated rings. The number of halogens is 4. The molecule has 0 aliphatic heterocycles. The van der Waals surface area contributed by atoms with Gasteiger partial charge in [0.2, 0.25) is 0 Å². The molecule has 4 nitrogen and oxygen atoms in total. The molecule has 0 unspecified atom stereocenters. The van der Waals surface area contributed by atoms with Gasteiger partial charge in [-0.05, 0) is 38.8 Å². The van der Waals surface area contributed by atoms with Crippen LogP contribution < -0.4 is 11.1 Å². The molecule has 0 radical (unpaired) electrons. The zero-order chi connectivity index (χ0) is 14.3. The van der Waals surface area contributed by atoms with Crippen molar-refractivity contribution in [2.45, 2.75) is 31.9 Å².